The minimum Gasteiger partial charge on any atom is -0.333 e. The first-order valence-electron chi connectivity index (χ1n) is 4.94. The molecule has 5 heteroatoms. The van der Waals surface area contributed by atoms with Gasteiger partial charge in [-0.3, -0.25) is 4.79 Å². The van der Waals surface area contributed by atoms with Crippen LogP contribution < -0.4 is 5.73 Å². The summed E-state index contributed by atoms with van der Waals surface area (Å²) in [6, 6.07) is 3.25. The van der Waals surface area contributed by atoms with Crippen LogP contribution in [0.5, 0.6) is 0 Å². The lowest BCUT2D eigenvalue weighted by molar-refractivity contribution is -0.132. The van der Waals surface area contributed by atoms with E-state index in [-0.39, 0.29) is 5.91 Å². The molecule has 1 aromatic heterocycles. The van der Waals surface area contributed by atoms with E-state index in [1.54, 1.807) is 17.9 Å². The van der Waals surface area contributed by atoms with Crippen molar-refractivity contribution in [3.05, 3.63) is 34.0 Å². The third-order valence-corrected chi connectivity index (χ3v) is 3.24. The summed E-state index contributed by atoms with van der Waals surface area (Å²) in [6.07, 6.45) is 1.69. The molecule has 0 saturated carbocycles. The van der Waals surface area contributed by atoms with Gasteiger partial charge < -0.3 is 10.6 Å². The summed E-state index contributed by atoms with van der Waals surface area (Å²) in [4.78, 5) is 14.5. The maximum absolute atomic E-state index is 11.8. The zero-order chi connectivity index (χ0) is 12.1. The first kappa shape index (κ1) is 13.2. The summed E-state index contributed by atoms with van der Waals surface area (Å²) in [5.41, 5.74) is 5.58. The second kappa shape index (κ2) is 6.03. The number of nitrogens with two attached hydrogens (primary N) is 1. The largest absolute Gasteiger partial charge is 0.333 e. The molecular formula is C11H15ClN2OS. The van der Waals surface area contributed by atoms with Gasteiger partial charge in [-0.2, -0.15) is 0 Å². The molecule has 3 nitrogen and oxygen atoms in total. The molecule has 0 bridgehead atoms. The van der Waals surface area contributed by atoms with Crippen LogP contribution in [0.4, 0.5) is 0 Å². The molecule has 0 saturated heterocycles. The molecule has 0 aromatic carbocycles. The van der Waals surface area contributed by atoms with E-state index < -0.39 is 6.04 Å². The van der Waals surface area contributed by atoms with E-state index in [1.165, 1.54) is 11.3 Å². The highest BCUT2D eigenvalue weighted by Crippen LogP contribution is 2.22. The van der Waals surface area contributed by atoms with E-state index in [1.807, 2.05) is 12.1 Å². The number of carbonyl (C=O) groups is 1. The fourth-order valence-electron chi connectivity index (χ4n) is 1.30. The van der Waals surface area contributed by atoms with Crippen LogP contribution in [-0.2, 0) is 11.3 Å². The minimum atomic E-state index is -0.490. The molecule has 0 aliphatic heterocycles. The summed E-state index contributed by atoms with van der Waals surface area (Å²) >= 11 is 7.30. The molecule has 88 valence electrons. The maximum Gasteiger partial charge on any atom is 0.239 e. The molecule has 1 rings (SSSR count). The Hall–Kier alpha value is -0.840. The fourth-order valence-corrected chi connectivity index (χ4v) is 2.40. The molecule has 0 radical (unpaired) electrons. The lowest BCUT2D eigenvalue weighted by Gasteiger charge is -2.22. The molecule has 1 amide bonds. The molecule has 0 spiro atoms. The van der Waals surface area contributed by atoms with Crippen LogP contribution in [0.25, 0.3) is 0 Å². The SMILES string of the molecule is C=CCN(Cc1ccc(Cl)s1)C(=O)[C@@H](C)N. The van der Waals surface area contributed by atoms with Crippen molar-refractivity contribution < 1.29 is 4.79 Å². The molecule has 16 heavy (non-hydrogen) atoms. The second-order valence-electron chi connectivity index (χ2n) is 3.50. The Labute approximate surface area is 105 Å². The van der Waals surface area contributed by atoms with Gasteiger partial charge in [0.05, 0.1) is 16.9 Å². The molecular weight excluding hydrogens is 244 g/mol. The van der Waals surface area contributed by atoms with Gasteiger partial charge in [-0.05, 0) is 19.1 Å². The fraction of sp³-hybridized carbons (Fsp3) is 0.364. The van der Waals surface area contributed by atoms with Crippen LogP contribution in [0.15, 0.2) is 24.8 Å². The van der Waals surface area contributed by atoms with Crippen molar-refractivity contribution in [1.82, 2.24) is 4.90 Å². The minimum absolute atomic E-state index is 0.0792. The predicted octanol–water partition coefficient (Wildman–Crippen LogP) is 2.26. The first-order chi connectivity index (χ1) is 7.54. The molecule has 1 heterocycles. The van der Waals surface area contributed by atoms with Crippen LogP contribution in [-0.4, -0.2) is 23.4 Å². The van der Waals surface area contributed by atoms with Crippen LogP contribution in [0.2, 0.25) is 4.34 Å². The highest BCUT2D eigenvalue weighted by Gasteiger charge is 2.17. The molecule has 2 N–H and O–H groups in total. The van der Waals surface area contributed by atoms with E-state index >= 15 is 0 Å². The number of carbonyl (C=O) groups excluding carboxylic acids is 1. The smallest absolute Gasteiger partial charge is 0.239 e. The Morgan fingerprint density at radius 3 is 2.88 bits per heavy atom. The maximum atomic E-state index is 11.8. The van der Waals surface area contributed by atoms with Gasteiger partial charge in [0, 0.05) is 11.4 Å². The number of hydrogen-bond donors (Lipinski definition) is 1. The average Bonchev–Trinajstić information content (AvgIpc) is 2.62. The van der Waals surface area contributed by atoms with Gasteiger partial charge in [0.2, 0.25) is 5.91 Å². The van der Waals surface area contributed by atoms with Crippen LogP contribution in [0.1, 0.15) is 11.8 Å². The Morgan fingerprint density at radius 2 is 2.44 bits per heavy atom. The normalized spacial score (nSPS) is 12.2. The van der Waals surface area contributed by atoms with Gasteiger partial charge in [0.25, 0.3) is 0 Å². The molecule has 0 fully saturated rings. The predicted molar refractivity (Wildman–Crippen MR) is 68.6 cm³/mol. The van der Waals surface area contributed by atoms with E-state index in [9.17, 15) is 4.79 Å². The van der Waals surface area contributed by atoms with Crippen molar-refractivity contribution >= 4 is 28.8 Å². The van der Waals surface area contributed by atoms with Gasteiger partial charge in [-0.15, -0.1) is 17.9 Å². The van der Waals surface area contributed by atoms with Gasteiger partial charge in [0.15, 0.2) is 0 Å². The molecule has 0 aliphatic carbocycles. The van der Waals surface area contributed by atoms with E-state index in [4.69, 9.17) is 17.3 Å². The average molecular weight is 259 g/mol. The zero-order valence-corrected chi connectivity index (χ0v) is 10.7. The molecule has 0 aliphatic rings. The van der Waals surface area contributed by atoms with Crippen molar-refractivity contribution in [1.29, 1.82) is 0 Å². The monoisotopic (exact) mass is 258 g/mol. The van der Waals surface area contributed by atoms with Crippen molar-refractivity contribution in [2.75, 3.05) is 6.54 Å². The number of thiophene rings is 1. The summed E-state index contributed by atoms with van der Waals surface area (Å²) in [7, 11) is 0. The van der Waals surface area contributed by atoms with Crippen molar-refractivity contribution in [3.63, 3.8) is 0 Å². The standard InChI is InChI=1S/C11H15ClN2OS/c1-3-6-14(11(15)8(2)13)7-9-4-5-10(12)16-9/h3-5,8H,1,6-7,13H2,2H3/t8-/m1/s1. The molecule has 1 atom stereocenters. The van der Waals surface area contributed by atoms with Crippen LogP contribution >= 0.6 is 22.9 Å². The number of hydrogen-bond acceptors (Lipinski definition) is 3. The highest BCUT2D eigenvalue weighted by atomic mass is 35.5. The quantitative estimate of drug-likeness (QED) is 0.824. The lowest BCUT2D eigenvalue weighted by atomic mass is 10.3. The van der Waals surface area contributed by atoms with E-state index in [2.05, 4.69) is 6.58 Å². The van der Waals surface area contributed by atoms with Crippen molar-refractivity contribution in [2.45, 2.75) is 19.5 Å². The zero-order valence-electron chi connectivity index (χ0n) is 9.15. The third-order valence-electron chi connectivity index (χ3n) is 2.03. The van der Waals surface area contributed by atoms with Crippen LogP contribution in [0, 0.1) is 0 Å². The number of halogens is 1. The number of rotatable bonds is 5. The van der Waals surface area contributed by atoms with E-state index in [0.29, 0.717) is 13.1 Å². The highest BCUT2D eigenvalue weighted by molar-refractivity contribution is 7.16. The topological polar surface area (TPSA) is 46.3 Å². The lowest BCUT2D eigenvalue weighted by Crippen LogP contribution is -2.41. The second-order valence-corrected chi connectivity index (χ2v) is 5.30. The number of amides is 1. The number of nitrogens with zero attached hydrogens (tertiary/aromatic N) is 1. The Bertz CT molecular complexity index is 376. The summed E-state index contributed by atoms with van der Waals surface area (Å²) in [5, 5.41) is 0. The Balaban J connectivity index is 2.71. The summed E-state index contributed by atoms with van der Waals surface area (Å²) in [6.45, 7) is 6.34. The van der Waals surface area contributed by atoms with Crippen molar-refractivity contribution in [3.8, 4) is 0 Å². The van der Waals surface area contributed by atoms with Gasteiger partial charge in [0.1, 0.15) is 0 Å². The summed E-state index contributed by atoms with van der Waals surface area (Å²) < 4.78 is 0.724. The Kier molecular flexibility index (Phi) is 4.99. The first-order valence-corrected chi connectivity index (χ1v) is 6.13. The van der Waals surface area contributed by atoms with Gasteiger partial charge in [-0.1, -0.05) is 17.7 Å². The molecule has 0 unspecified atom stereocenters. The van der Waals surface area contributed by atoms with E-state index in [0.717, 1.165) is 9.21 Å². The van der Waals surface area contributed by atoms with Gasteiger partial charge >= 0.3 is 0 Å². The summed E-state index contributed by atoms with van der Waals surface area (Å²) in [5.74, 6) is -0.0792. The molecule has 1 aromatic rings. The van der Waals surface area contributed by atoms with Crippen LogP contribution in [0.3, 0.4) is 0 Å². The van der Waals surface area contributed by atoms with Gasteiger partial charge in [-0.25, -0.2) is 0 Å². The van der Waals surface area contributed by atoms with Crippen molar-refractivity contribution in [2.24, 2.45) is 5.73 Å². The Morgan fingerprint density at radius 1 is 1.75 bits per heavy atom. The third kappa shape index (κ3) is 3.63.